The van der Waals surface area contributed by atoms with Gasteiger partial charge >= 0.3 is 0 Å². The van der Waals surface area contributed by atoms with Gasteiger partial charge in [-0.2, -0.15) is 0 Å². The van der Waals surface area contributed by atoms with E-state index in [1.54, 1.807) is 4.90 Å². The van der Waals surface area contributed by atoms with Crippen molar-refractivity contribution in [1.29, 1.82) is 0 Å². The fourth-order valence-electron chi connectivity index (χ4n) is 3.52. The molecule has 0 saturated heterocycles. The molecule has 1 amide bonds. The van der Waals surface area contributed by atoms with Crippen molar-refractivity contribution in [3.8, 4) is 0 Å². The van der Waals surface area contributed by atoms with Gasteiger partial charge in [0.25, 0.3) is 0 Å². The minimum absolute atomic E-state index is 0.111. The highest BCUT2D eigenvalue weighted by Gasteiger charge is 2.23. The third kappa shape index (κ3) is 6.01. The van der Waals surface area contributed by atoms with Gasteiger partial charge in [0.1, 0.15) is 0 Å². The second-order valence-electron chi connectivity index (χ2n) is 7.30. The fraction of sp³-hybridized carbons (Fsp3) is 0.650. The van der Waals surface area contributed by atoms with E-state index in [0.717, 1.165) is 24.1 Å². The second-order valence-corrected chi connectivity index (χ2v) is 7.30. The Morgan fingerprint density at radius 1 is 1.08 bits per heavy atom. The molecule has 1 aliphatic carbocycles. The predicted octanol–water partition coefficient (Wildman–Crippen LogP) is 2.34. The first kappa shape index (κ1) is 19.7. The molecule has 0 aliphatic heterocycles. The number of amides is 1. The Labute approximate surface area is 152 Å². The summed E-state index contributed by atoms with van der Waals surface area (Å²) in [7, 11) is 5.90. The number of aliphatic hydroxyl groups excluding tert-OH is 1. The van der Waals surface area contributed by atoms with Gasteiger partial charge in [-0.3, -0.25) is 9.69 Å². The SMILES string of the molecule is CN(Cc1ccc(N(C)C)cc1)C(=O)CN(CCO)C1CCCCC1. The van der Waals surface area contributed by atoms with Crippen LogP contribution in [0.1, 0.15) is 37.7 Å². The van der Waals surface area contributed by atoms with E-state index in [-0.39, 0.29) is 12.5 Å². The van der Waals surface area contributed by atoms with E-state index >= 15 is 0 Å². The molecule has 0 atom stereocenters. The molecule has 5 nitrogen and oxygen atoms in total. The Morgan fingerprint density at radius 3 is 2.28 bits per heavy atom. The first-order valence-corrected chi connectivity index (χ1v) is 9.36. The van der Waals surface area contributed by atoms with Crippen LogP contribution in [0, 0.1) is 0 Å². The van der Waals surface area contributed by atoms with Crippen LogP contribution in [0.4, 0.5) is 5.69 Å². The molecule has 1 N–H and O–H groups in total. The van der Waals surface area contributed by atoms with Crippen molar-refractivity contribution >= 4 is 11.6 Å². The van der Waals surface area contributed by atoms with Gasteiger partial charge in [0, 0.05) is 46.0 Å². The lowest BCUT2D eigenvalue weighted by Crippen LogP contribution is -2.45. The summed E-state index contributed by atoms with van der Waals surface area (Å²) in [5.74, 6) is 0.121. The zero-order valence-electron chi connectivity index (χ0n) is 15.9. The zero-order valence-corrected chi connectivity index (χ0v) is 15.9. The van der Waals surface area contributed by atoms with Gasteiger partial charge in [-0.1, -0.05) is 31.4 Å². The number of aliphatic hydroxyl groups is 1. The van der Waals surface area contributed by atoms with Crippen LogP contribution in [0.5, 0.6) is 0 Å². The second kappa shape index (κ2) is 9.78. The van der Waals surface area contributed by atoms with Gasteiger partial charge < -0.3 is 14.9 Å². The van der Waals surface area contributed by atoms with Crippen molar-refractivity contribution < 1.29 is 9.90 Å². The van der Waals surface area contributed by atoms with Crippen LogP contribution in [0.15, 0.2) is 24.3 Å². The van der Waals surface area contributed by atoms with Crippen LogP contribution in [-0.2, 0) is 11.3 Å². The fourth-order valence-corrected chi connectivity index (χ4v) is 3.52. The number of rotatable bonds is 8. The number of anilines is 1. The number of hydrogen-bond donors (Lipinski definition) is 1. The van der Waals surface area contributed by atoms with E-state index in [4.69, 9.17) is 0 Å². The molecule has 0 radical (unpaired) electrons. The quantitative estimate of drug-likeness (QED) is 0.784. The summed E-state index contributed by atoms with van der Waals surface area (Å²) < 4.78 is 0. The molecule has 0 unspecified atom stereocenters. The normalized spacial score (nSPS) is 15.4. The number of nitrogens with zero attached hydrogens (tertiary/aromatic N) is 3. The molecule has 0 bridgehead atoms. The molecule has 1 saturated carbocycles. The number of benzene rings is 1. The first-order valence-electron chi connectivity index (χ1n) is 9.36. The summed E-state index contributed by atoms with van der Waals surface area (Å²) in [5, 5.41) is 9.35. The Morgan fingerprint density at radius 2 is 1.72 bits per heavy atom. The van der Waals surface area contributed by atoms with Crippen LogP contribution in [0.25, 0.3) is 0 Å². The first-order chi connectivity index (χ1) is 12.0. The minimum atomic E-state index is 0.111. The van der Waals surface area contributed by atoms with Gasteiger partial charge in [-0.25, -0.2) is 0 Å². The Balaban J connectivity index is 1.90. The summed E-state index contributed by atoms with van der Waals surface area (Å²) >= 11 is 0. The van der Waals surface area contributed by atoms with Crippen LogP contribution in [0.3, 0.4) is 0 Å². The molecule has 1 aliphatic rings. The summed E-state index contributed by atoms with van der Waals surface area (Å²) in [6, 6.07) is 8.75. The third-order valence-corrected chi connectivity index (χ3v) is 5.11. The highest BCUT2D eigenvalue weighted by atomic mass is 16.3. The molecule has 0 heterocycles. The maximum Gasteiger partial charge on any atom is 0.236 e. The van der Waals surface area contributed by atoms with Crippen LogP contribution < -0.4 is 4.90 Å². The van der Waals surface area contributed by atoms with Gasteiger partial charge in [-0.15, -0.1) is 0 Å². The zero-order chi connectivity index (χ0) is 18.2. The summed E-state index contributed by atoms with van der Waals surface area (Å²) in [6.07, 6.45) is 6.04. The molecule has 5 heteroatoms. The third-order valence-electron chi connectivity index (χ3n) is 5.11. The summed E-state index contributed by atoms with van der Waals surface area (Å²) in [6.45, 7) is 1.71. The predicted molar refractivity (Wildman–Crippen MR) is 103 cm³/mol. The van der Waals surface area contributed by atoms with Crippen LogP contribution >= 0.6 is 0 Å². The number of likely N-dealkylation sites (N-methyl/N-ethyl adjacent to an activating group) is 1. The molecular weight excluding hydrogens is 314 g/mol. The van der Waals surface area contributed by atoms with Crippen molar-refractivity contribution in [2.45, 2.75) is 44.7 Å². The van der Waals surface area contributed by atoms with E-state index in [0.29, 0.717) is 25.7 Å². The average Bonchev–Trinajstić information content (AvgIpc) is 2.62. The van der Waals surface area contributed by atoms with E-state index in [9.17, 15) is 9.90 Å². The molecule has 0 aromatic heterocycles. The minimum Gasteiger partial charge on any atom is -0.395 e. The van der Waals surface area contributed by atoms with Gasteiger partial charge in [0.15, 0.2) is 0 Å². The number of carbonyl (C=O) groups excluding carboxylic acids is 1. The molecule has 140 valence electrons. The van der Waals surface area contributed by atoms with E-state index in [2.05, 4.69) is 34.1 Å². The van der Waals surface area contributed by atoms with Gasteiger partial charge in [0.05, 0.1) is 13.2 Å². The highest BCUT2D eigenvalue weighted by Crippen LogP contribution is 2.22. The largest absolute Gasteiger partial charge is 0.395 e. The highest BCUT2D eigenvalue weighted by molar-refractivity contribution is 5.78. The Hall–Kier alpha value is -1.59. The van der Waals surface area contributed by atoms with Crippen molar-refractivity contribution in [2.24, 2.45) is 0 Å². The number of carbonyl (C=O) groups is 1. The maximum absolute atomic E-state index is 12.6. The summed E-state index contributed by atoms with van der Waals surface area (Å²) in [5.41, 5.74) is 2.29. The lowest BCUT2D eigenvalue weighted by Gasteiger charge is -2.34. The van der Waals surface area contributed by atoms with Gasteiger partial charge in [0.2, 0.25) is 5.91 Å². The molecule has 1 aromatic rings. The summed E-state index contributed by atoms with van der Waals surface area (Å²) in [4.78, 5) is 18.7. The van der Waals surface area contributed by atoms with Crippen molar-refractivity contribution in [1.82, 2.24) is 9.80 Å². The van der Waals surface area contributed by atoms with Crippen LogP contribution in [-0.4, -0.2) is 67.7 Å². The maximum atomic E-state index is 12.6. The van der Waals surface area contributed by atoms with Crippen molar-refractivity contribution in [3.05, 3.63) is 29.8 Å². The molecule has 1 fully saturated rings. The van der Waals surface area contributed by atoms with E-state index in [1.807, 2.05) is 21.1 Å². The molecule has 0 spiro atoms. The lowest BCUT2D eigenvalue weighted by molar-refractivity contribution is -0.132. The molecule has 25 heavy (non-hydrogen) atoms. The van der Waals surface area contributed by atoms with E-state index in [1.165, 1.54) is 19.3 Å². The number of hydrogen-bond acceptors (Lipinski definition) is 4. The average molecular weight is 348 g/mol. The lowest BCUT2D eigenvalue weighted by atomic mass is 9.94. The molecule has 2 rings (SSSR count). The van der Waals surface area contributed by atoms with E-state index < -0.39 is 0 Å². The smallest absolute Gasteiger partial charge is 0.236 e. The van der Waals surface area contributed by atoms with Gasteiger partial charge in [-0.05, 0) is 30.5 Å². The molecular formula is C20H33N3O2. The van der Waals surface area contributed by atoms with Crippen molar-refractivity contribution in [2.75, 3.05) is 45.7 Å². The Kier molecular flexibility index (Phi) is 7.72. The standard InChI is InChI=1S/C20H33N3O2/c1-21(2)18-11-9-17(10-12-18)15-22(3)20(25)16-23(13-14-24)19-7-5-4-6-8-19/h9-12,19,24H,4-8,13-16H2,1-3H3. The monoisotopic (exact) mass is 347 g/mol. The Bertz CT molecular complexity index is 524. The van der Waals surface area contributed by atoms with Crippen LogP contribution in [0.2, 0.25) is 0 Å². The topological polar surface area (TPSA) is 47.0 Å². The molecule has 1 aromatic carbocycles. The van der Waals surface area contributed by atoms with Crippen molar-refractivity contribution in [3.63, 3.8) is 0 Å².